The first-order chi connectivity index (χ1) is 9.43. The third-order valence-electron chi connectivity index (χ3n) is 3.39. The Labute approximate surface area is 127 Å². The van der Waals surface area contributed by atoms with Gasteiger partial charge in [-0.15, -0.1) is 0 Å². The highest BCUT2D eigenvalue weighted by atomic mass is 79.9. The molecule has 0 N–H and O–H groups in total. The van der Waals surface area contributed by atoms with Crippen LogP contribution in [0.1, 0.15) is 43.2 Å². The molecule has 0 saturated heterocycles. The molecule has 1 aliphatic rings. The Morgan fingerprint density at radius 2 is 2.15 bits per heavy atom. The minimum absolute atomic E-state index is 0.0273. The van der Waals surface area contributed by atoms with Crippen molar-refractivity contribution < 1.29 is 14.3 Å². The summed E-state index contributed by atoms with van der Waals surface area (Å²) in [7, 11) is 1.33. The number of rotatable bonds is 5. The Balaban J connectivity index is 2.25. The number of amides is 1. The molecule has 0 unspecified atom stereocenters. The van der Waals surface area contributed by atoms with Gasteiger partial charge < -0.3 is 14.2 Å². The number of hydrogen-bond donors (Lipinski definition) is 0. The van der Waals surface area contributed by atoms with Crippen LogP contribution >= 0.6 is 15.9 Å². The lowest BCUT2D eigenvalue weighted by molar-refractivity contribution is -0.141. The lowest BCUT2D eigenvalue weighted by Crippen LogP contribution is -2.41. The fourth-order valence-corrected chi connectivity index (χ4v) is 2.55. The summed E-state index contributed by atoms with van der Waals surface area (Å²) < 4.78 is 7.55. The number of halogens is 1. The summed E-state index contributed by atoms with van der Waals surface area (Å²) >= 11 is 3.41. The van der Waals surface area contributed by atoms with Crippen molar-refractivity contribution in [3.8, 4) is 0 Å². The van der Waals surface area contributed by atoms with E-state index in [1.807, 2.05) is 30.7 Å². The van der Waals surface area contributed by atoms with Crippen LogP contribution in [-0.4, -0.2) is 41.0 Å². The molecular formula is C14H19BrN2O3. The Kier molecular flexibility index (Phi) is 4.52. The Morgan fingerprint density at radius 3 is 2.65 bits per heavy atom. The maximum Gasteiger partial charge on any atom is 0.325 e. The minimum atomic E-state index is -0.407. The van der Waals surface area contributed by atoms with E-state index in [1.54, 1.807) is 0 Å². The highest BCUT2D eigenvalue weighted by Crippen LogP contribution is 2.37. The summed E-state index contributed by atoms with van der Waals surface area (Å²) in [5.74, 6) is -0.543. The molecule has 1 aromatic heterocycles. The van der Waals surface area contributed by atoms with Gasteiger partial charge in [0.1, 0.15) is 12.2 Å². The molecule has 5 nitrogen and oxygen atoms in total. The SMILES string of the molecule is COC(=O)CN(C(=O)c1cc(Br)cn1C1CC1)C(C)C. The third kappa shape index (κ3) is 3.23. The van der Waals surface area contributed by atoms with Crippen LogP contribution < -0.4 is 0 Å². The van der Waals surface area contributed by atoms with Gasteiger partial charge in [0.25, 0.3) is 5.91 Å². The van der Waals surface area contributed by atoms with Gasteiger partial charge in [-0.2, -0.15) is 0 Å². The molecule has 1 heterocycles. The second kappa shape index (κ2) is 5.99. The van der Waals surface area contributed by atoms with Gasteiger partial charge in [0, 0.05) is 22.8 Å². The van der Waals surface area contributed by atoms with E-state index in [1.165, 1.54) is 12.0 Å². The van der Waals surface area contributed by atoms with E-state index in [2.05, 4.69) is 20.7 Å². The van der Waals surface area contributed by atoms with Gasteiger partial charge in [-0.3, -0.25) is 9.59 Å². The number of carbonyl (C=O) groups is 2. The summed E-state index contributed by atoms with van der Waals surface area (Å²) in [5.41, 5.74) is 0.622. The third-order valence-corrected chi connectivity index (χ3v) is 3.82. The second-order valence-electron chi connectivity index (χ2n) is 5.28. The molecular weight excluding hydrogens is 324 g/mol. The van der Waals surface area contributed by atoms with Crippen molar-refractivity contribution in [3.05, 3.63) is 22.4 Å². The van der Waals surface area contributed by atoms with Gasteiger partial charge in [0.2, 0.25) is 0 Å². The first-order valence-corrected chi connectivity index (χ1v) is 7.48. The summed E-state index contributed by atoms with van der Waals surface area (Å²) in [6.45, 7) is 3.75. The van der Waals surface area contributed by atoms with Gasteiger partial charge in [-0.25, -0.2) is 0 Å². The molecule has 20 heavy (non-hydrogen) atoms. The molecule has 1 aliphatic carbocycles. The molecule has 0 atom stereocenters. The average molecular weight is 343 g/mol. The summed E-state index contributed by atoms with van der Waals surface area (Å²) in [6.07, 6.45) is 4.13. The maximum atomic E-state index is 12.7. The van der Waals surface area contributed by atoms with Gasteiger partial charge >= 0.3 is 5.97 Å². The van der Waals surface area contributed by atoms with E-state index in [9.17, 15) is 9.59 Å². The van der Waals surface area contributed by atoms with Crippen LogP contribution in [0.3, 0.4) is 0 Å². The summed E-state index contributed by atoms with van der Waals surface area (Å²) in [5, 5.41) is 0. The van der Waals surface area contributed by atoms with Crippen LogP contribution in [0.15, 0.2) is 16.7 Å². The van der Waals surface area contributed by atoms with Crippen molar-refractivity contribution >= 4 is 27.8 Å². The van der Waals surface area contributed by atoms with E-state index in [0.717, 1.165) is 17.3 Å². The lowest BCUT2D eigenvalue weighted by Gasteiger charge is -2.26. The van der Waals surface area contributed by atoms with E-state index in [-0.39, 0.29) is 18.5 Å². The van der Waals surface area contributed by atoms with Crippen LogP contribution in [0, 0.1) is 0 Å². The molecule has 0 spiro atoms. The maximum absolute atomic E-state index is 12.7. The zero-order valence-electron chi connectivity index (χ0n) is 11.9. The quantitative estimate of drug-likeness (QED) is 0.773. The number of ether oxygens (including phenoxy) is 1. The van der Waals surface area contributed by atoms with Crippen molar-refractivity contribution in [1.29, 1.82) is 0 Å². The molecule has 0 aliphatic heterocycles. The first kappa shape index (κ1) is 15.1. The van der Waals surface area contributed by atoms with Crippen molar-refractivity contribution in [2.24, 2.45) is 0 Å². The fourth-order valence-electron chi connectivity index (χ4n) is 2.11. The smallest absolute Gasteiger partial charge is 0.325 e. The molecule has 1 aromatic rings. The molecule has 1 fully saturated rings. The van der Waals surface area contributed by atoms with E-state index in [0.29, 0.717) is 11.7 Å². The number of aromatic nitrogens is 1. The largest absolute Gasteiger partial charge is 0.468 e. The van der Waals surface area contributed by atoms with Crippen LogP contribution in [0.2, 0.25) is 0 Å². The molecule has 6 heteroatoms. The molecule has 110 valence electrons. The van der Waals surface area contributed by atoms with Gasteiger partial charge in [-0.1, -0.05) is 0 Å². The highest BCUT2D eigenvalue weighted by Gasteiger charge is 2.31. The summed E-state index contributed by atoms with van der Waals surface area (Å²) in [4.78, 5) is 25.7. The zero-order chi connectivity index (χ0) is 14.9. The predicted octanol–water partition coefficient (Wildman–Crippen LogP) is 2.61. The van der Waals surface area contributed by atoms with E-state index in [4.69, 9.17) is 0 Å². The lowest BCUT2D eigenvalue weighted by atomic mass is 10.2. The normalized spacial score (nSPS) is 14.4. The first-order valence-electron chi connectivity index (χ1n) is 6.69. The number of esters is 1. The predicted molar refractivity (Wildman–Crippen MR) is 78.6 cm³/mol. The fraction of sp³-hybridized carbons (Fsp3) is 0.571. The monoisotopic (exact) mass is 342 g/mol. The van der Waals surface area contributed by atoms with Crippen molar-refractivity contribution in [2.45, 2.75) is 38.8 Å². The van der Waals surface area contributed by atoms with Crippen LogP contribution in [0.4, 0.5) is 0 Å². The number of hydrogen-bond acceptors (Lipinski definition) is 3. The van der Waals surface area contributed by atoms with Crippen LogP contribution in [0.25, 0.3) is 0 Å². The van der Waals surface area contributed by atoms with Crippen molar-refractivity contribution in [2.75, 3.05) is 13.7 Å². The van der Waals surface area contributed by atoms with Crippen LogP contribution in [-0.2, 0) is 9.53 Å². The second-order valence-corrected chi connectivity index (χ2v) is 6.20. The van der Waals surface area contributed by atoms with Crippen molar-refractivity contribution in [3.63, 3.8) is 0 Å². The topological polar surface area (TPSA) is 51.5 Å². The molecule has 2 rings (SSSR count). The standard InChI is InChI=1S/C14H19BrN2O3/c1-9(2)16(8-13(18)20-3)14(19)12-6-10(15)7-17(12)11-4-5-11/h6-7,9,11H,4-5,8H2,1-3H3. The van der Waals surface area contributed by atoms with Crippen LogP contribution in [0.5, 0.6) is 0 Å². The Hall–Kier alpha value is -1.30. The number of nitrogens with zero attached hydrogens (tertiary/aromatic N) is 2. The van der Waals surface area contributed by atoms with E-state index < -0.39 is 5.97 Å². The summed E-state index contributed by atoms with van der Waals surface area (Å²) in [6, 6.07) is 2.16. The number of carbonyl (C=O) groups excluding carboxylic acids is 2. The zero-order valence-corrected chi connectivity index (χ0v) is 13.5. The Bertz CT molecular complexity index is 520. The molecule has 0 aromatic carbocycles. The van der Waals surface area contributed by atoms with Gasteiger partial charge in [0.15, 0.2) is 0 Å². The van der Waals surface area contributed by atoms with Gasteiger partial charge in [0.05, 0.1) is 7.11 Å². The van der Waals surface area contributed by atoms with Gasteiger partial charge in [-0.05, 0) is 48.7 Å². The highest BCUT2D eigenvalue weighted by molar-refractivity contribution is 9.10. The average Bonchev–Trinajstić information content (AvgIpc) is 3.17. The molecule has 0 radical (unpaired) electrons. The molecule has 1 amide bonds. The Morgan fingerprint density at radius 1 is 1.50 bits per heavy atom. The number of methoxy groups -OCH3 is 1. The van der Waals surface area contributed by atoms with E-state index >= 15 is 0 Å². The molecule has 1 saturated carbocycles. The molecule has 0 bridgehead atoms. The van der Waals surface area contributed by atoms with Crippen molar-refractivity contribution in [1.82, 2.24) is 9.47 Å². The minimum Gasteiger partial charge on any atom is -0.468 e.